The molecule has 1 atom stereocenters. The minimum atomic E-state index is 0.109. The Morgan fingerprint density at radius 1 is 1.33 bits per heavy atom. The number of aromatic nitrogens is 1. The maximum absolute atomic E-state index is 5.76. The van der Waals surface area contributed by atoms with Crippen molar-refractivity contribution in [3.8, 4) is 0 Å². The summed E-state index contributed by atoms with van der Waals surface area (Å²) in [4.78, 5) is 3.16. The van der Waals surface area contributed by atoms with E-state index in [0.29, 0.717) is 0 Å². The molecule has 12 heavy (non-hydrogen) atoms. The summed E-state index contributed by atoms with van der Waals surface area (Å²) >= 11 is 0. The molecule has 0 aliphatic rings. The zero-order chi connectivity index (χ0) is 8.55. The standard InChI is InChI=1S/C10H12N2/c1-7(11)9-3-2-8-4-5-12-10(8)6-9/h2-7,12H,11H2,1H3. The van der Waals surface area contributed by atoms with Gasteiger partial charge in [-0.1, -0.05) is 12.1 Å². The van der Waals surface area contributed by atoms with Crippen molar-refractivity contribution in [1.29, 1.82) is 0 Å². The SMILES string of the molecule is CC(N)c1ccc2cc[nH]c2c1. The van der Waals surface area contributed by atoms with Crippen LogP contribution in [0, 0.1) is 0 Å². The Labute approximate surface area is 71.4 Å². The molecule has 2 nitrogen and oxygen atoms in total. The smallest absolute Gasteiger partial charge is 0.0457 e. The van der Waals surface area contributed by atoms with Gasteiger partial charge in [-0.05, 0) is 30.0 Å². The highest BCUT2D eigenvalue weighted by Gasteiger charge is 2.00. The van der Waals surface area contributed by atoms with Crippen LogP contribution < -0.4 is 5.73 Å². The van der Waals surface area contributed by atoms with Crippen LogP contribution in [0.15, 0.2) is 30.5 Å². The zero-order valence-electron chi connectivity index (χ0n) is 7.04. The summed E-state index contributed by atoms with van der Waals surface area (Å²) in [5, 5.41) is 1.24. The highest BCUT2D eigenvalue weighted by atomic mass is 14.7. The molecule has 2 aromatic rings. The van der Waals surface area contributed by atoms with Gasteiger partial charge in [0.25, 0.3) is 0 Å². The first-order valence-corrected chi connectivity index (χ1v) is 4.10. The molecule has 0 bridgehead atoms. The number of nitrogens with two attached hydrogens (primary N) is 1. The number of nitrogens with one attached hydrogen (secondary N) is 1. The molecule has 1 aromatic heterocycles. The number of aromatic amines is 1. The number of hydrogen-bond donors (Lipinski definition) is 2. The van der Waals surface area contributed by atoms with E-state index >= 15 is 0 Å². The lowest BCUT2D eigenvalue weighted by Crippen LogP contribution is -2.04. The predicted molar refractivity (Wildman–Crippen MR) is 50.9 cm³/mol. The van der Waals surface area contributed by atoms with Crippen LogP contribution in [0.25, 0.3) is 10.9 Å². The number of hydrogen-bond acceptors (Lipinski definition) is 1. The second-order valence-corrected chi connectivity index (χ2v) is 3.11. The molecule has 0 spiro atoms. The van der Waals surface area contributed by atoms with E-state index in [4.69, 9.17) is 5.73 Å². The van der Waals surface area contributed by atoms with Gasteiger partial charge in [0.1, 0.15) is 0 Å². The molecule has 0 saturated carbocycles. The van der Waals surface area contributed by atoms with E-state index in [0.717, 1.165) is 5.52 Å². The first-order valence-electron chi connectivity index (χ1n) is 4.10. The van der Waals surface area contributed by atoms with E-state index in [1.165, 1.54) is 10.9 Å². The van der Waals surface area contributed by atoms with Crippen LogP contribution in [0.3, 0.4) is 0 Å². The molecule has 0 saturated heterocycles. The van der Waals surface area contributed by atoms with Crippen molar-refractivity contribution in [3.63, 3.8) is 0 Å². The fourth-order valence-electron chi connectivity index (χ4n) is 1.35. The van der Waals surface area contributed by atoms with Crippen molar-refractivity contribution < 1.29 is 0 Å². The van der Waals surface area contributed by atoms with Crippen LogP contribution in [0.5, 0.6) is 0 Å². The monoisotopic (exact) mass is 160 g/mol. The van der Waals surface area contributed by atoms with Crippen molar-refractivity contribution in [2.75, 3.05) is 0 Å². The largest absolute Gasteiger partial charge is 0.361 e. The lowest BCUT2D eigenvalue weighted by molar-refractivity contribution is 0.820. The fraction of sp³-hybridized carbons (Fsp3) is 0.200. The maximum atomic E-state index is 5.76. The Hall–Kier alpha value is -1.28. The van der Waals surface area contributed by atoms with Gasteiger partial charge in [-0.3, -0.25) is 0 Å². The third-order valence-electron chi connectivity index (χ3n) is 2.10. The van der Waals surface area contributed by atoms with E-state index in [-0.39, 0.29) is 6.04 Å². The average Bonchev–Trinajstić information content (AvgIpc) is 2.49. The number of rotatable bonds is 1. The molecule has 1 unspecified atom stereocenters. The summed E-state index contributed by atoms with van der Waals surface area (Å²) < 4.78 is 0. The summed E-state index contributed by atoms with van der Waals surface area (Å²) in [5.41, 5.74) is 8.09. The number of H-pyrrole nitrogens is 1. The molecule has 0 fully saturated rings. The van der Waals surface area contributed by atoms with Gasteiger partial charge in [0.15, 0.2) is 0 Å². The summed E-state index contributed by atoms with van der Waals surface area (Å²) in [6, 6.07) is 8.42. The second kappa shape index (κ2) is 2.64. The lowest BCUT2D eigenvalue weighted by Gasteiger charge is -2.04. The van der Waals surface area contributed by atoms with E-state index < -0.39 is 0 Å². The normalized spacial score (nSPS) is 13.5. The lowest BCUT2D eigenvalue weighted by atomic mass is 10.1. The summed E-state index contributed by atoms with van der Waals surface area (Å²) in [7, 11) is 0. The minimum Gasteiger partial charge on any atom is -0.361 e. The van der Waals surface area contributed by atoms with E-state index in [2.05, 4.69) is 29.2 Å². The summed E-state index contributed by atoms with van der Waals surface area (Å²) in [6.07, 6.45) is 1.94. The Morgan fingerprint density at radius 2 is 2.17 bits per heavy atom. The molecule has 2 heteroatoms. The molecule has 3 N–H and O–H groups in total. The summed E-state index contributed by atoms with van der Waals surface area (Å²) in [5.74, 6) is 0. The van der Waals surface area contributed by atoms with Crippen LogP contribution in [0.2, 0.25) is 0 Å². The average molecular weight is 160 g/mol. The van der Waals surface area contributed by atoms with Gasteiger partial charge in [0.05, 0.1) is 0 Å². The van der Waals surface area contributed by atoms with Gasteiger partial charge in [0, 0.05) is 17.8 Å². The molecular formula is C10H12N2. The molecule has 0 aliphatic heterocycles. The van der Waals surface area contributed by atoms with Crippen molar-refractivity contribution in [2.24, 2.45) is 5.73 Å². The molecular weight excluding hydrogens is 148 g/mol. The molecule has 0 radical (unpaired) electrons. The number of benzene rings is 1. The Kier molecular flexibility index (Phi) is 1.62. The van der Waals surface area contributed by atoms with Crippen LogP contribution in [0.1, 0.15) is 18.5 Å². The van der Waals surface area contributed by atoms with Crippen molar-refractivity contribution in [1.82, 2.24) is 4.98 Å². The van der Waals surface area contributed by atoms with Crippen LogP contribution in [0.4, 0.5) is 0 Å². The maximum Gasteiger partial charge on any atom is 0.0457 e. The Morgan fingerprint density at radius 3 is 2.92 bits per heavy atom. The quantitative estimate of drug-likeness (QED) is 0.659. The number of fused-ring (bicyclic) bond motifs is 1. The minimum absolute atomic E-state index is 0.109. The van der Waals surface area contributed by atoms with Gasteiger partial charge in [-0.2, -0.15) is 0 Å². The van der Waals surface area contributed by atoms with Crippen molar-refractivity contribution >= 4 is 10.9 Å². The topological polar surface area (TPSA) is 41.8 Å². The first-order chi connectivity index (χ1) is 5.77. The molecule has 2 rings (SSSR count). The Balaban J connectivity index is 2.60. The molecule has 0 amide bonds. The molecule has 1 aromatic carbocycles. The first kappa shape index (κ1) is 7.37. The highest BCUT2D eigenvalue weighted by molar-refractivity contribution is 5.79. The third-order valence-corrected chi connectivity index (χ3v) is 2.10. The van der Waals surface area contributed by atoms with Crippen LogP contribution in [-0.4, -0.2) is 4.98 Å². The van der Waals surface area contributed by atoms with Crippen molar-refractivity contribution in [2.45, 2.75) is 13.0 Å². The predicted octanol–water partition coefficient (Wildman–Crippen LogP) is 2.19. The van der Waals surface area contributed by atoms with Gasteiger partial charge >= 0.3 is 0 Å². The van der Waals surface area contributed by atoms with Gasteiger partial charge in [0.2, 0.25) is 0 Å². The van der Waals surface area contributed by atoms with Crippen LogP contribution >= 0.6 is 0 Å². The van der Waals surface area contributed by atoms with Crippen LogP contribution in [-0.2, 0) is 0 Å². The summed E-state index contributed by atoms with van der Waals surface area (Å²) in [6.45, 7) is 1.99. The molecule has 62 valence electrons. The zero-order valence-corrected chi connectivity index (χ0v) is 7.04. The van der Waals surface area contributed by atoms with Gasteiger partial charge in [-0.25, -0.2) is 0 Å². The third kappa shape index (κ3) is 1.10. The van der Waals surface area contributed by atoms with Crippen molar-refractivity contribution in [3.05, 3.63) is 36.0 Å². The van der Waals surface area contributed by atoms with Gasteiger partial charge < -0.3 is 10.7 Å². The molecule has 1 heterocycles. The second-order valence-electron chi connectivity index (χ2n) is 3.11. The van der Waals surface area contributed by atoms with E-state index in [1.807, 2.05) is 13.1 Å². The van der Waals surface area contributed by atoms with Gasteiger partial charge in [-0.15, -0.1) is 0 Å². The fourth-order valence-corrected chi connectivity index (χ4v) is 1.35. The van der Waals surface area contributed by atoms with E-state index in [9.17, 15) is 0 Å². The van der Waals surface area contributed by atoms with E-state index in [1.54, 1.807) is 0 Å². The highest BCUT2D eigenvalue weighted by Crippen LogP contribution is 2.17. The Bertz CT molecular complexity index is 387. The molecule has 0 aliphatic carbocycles.